The zero-order chi connectivity index (χ0) is 26.8. The summed E-state index contributed by atoms with van der Waals surface area (Å²) in [5.41, 5.74) is -7.61. The van der Waals surface area contributed by atoms with Crippen LogP contribution in [0.25, 0.3) is 0 Å². The Balaban J connectivity index is 2.66. The first-order valence-electron chi connectivity index (χ1n) is 10.6. The molecule has 0 aromatic carbocycles. The Morgan fingerprint density at radius 3 is 1.74 bits per heavy atom. The third-order valence-electron chi connectivity index (χ3n) is 6.18. The fraction of sp³-hybridized carbons (Fsp3) is 0.857. The standard InChI is InChI=1S/C21H30F6O7/c1-6-17(2,3)15(29)33-13-9-7-12(8-10-13)18(4,5)34-14(28)11-32-16(30)19(31,20(22,23)24)21(25,26)27/h12-13,31H,6-11H2,1-5H3. The molecular formula is C21H30F6O7. The monoisotopic (exact) mass is 508 g/mol. The maximum Gasteiger partial charge on any atom is 0.437 e. The molecule has 0 unspecified atom stereocenters. The Bertz CT molecular complexity index is 736. The molecule has 0 saturated heterocycles. The molecule has 0 heterocycles. The number of hydrogen-bond donors (Lipinski definition) is 1. The van der Waals surface area contributed by atoms with E-state index < -0.39 is 47.5 Å². The highest BCUT2D eigenvalue weighted by molar-refractivity contribution is 5.84. The highest BCUT2D eigenvalue weighted by Crippen LogP contribution is 2.44. The van der Waals surface area contributed by atoms with Gasteiger partial charge in [-0.3, -0.25) is 4.79 Å². The molecule has 0 amide bonds. The molecule has 1 aliphatic rings. The smallest absolute Gasteiger partial charge is 0.437 e. The molecule has 1 saturated carbocycles. The van der Waals surface area contributed by atoms with Crippen LogP contribution in [0.2, 0.25) is 0 Å². The van der Waals surface area contributed by atoms with E-state index in [0.717, 1.165) is 0 Å². The number of hydrogen-bond acceptors (Lipinski definition) is 7. The average molecular weight is 508 g/mol. The maximum atomic E-state index is 12.7. The van der Waals surface area contributed by atoms with Gasteiger partial charge in [-0.2, -0.15) is 26.3 Å². The second kappa shape index (κ2) is 10.3. The summed E-state index contributed by atoms with van der Waals surface area (Å²) in [6.45, 7) is 6.81. The summed E-state index contributed by atoms with van der Waals surface area (Å²) in [6, 6.07) is 0. The van der Waals surface area contributed by atoms with E-state index in [0.29, 0.717) is 32.1 Å². The molecular weight excluding hydrogens is 478 g/mol. The van der Waals surface area contributed by atoms with E-state index in [9.17, 15) is 40.7 Å². The van der Waals surface area contributed by atoms with Gasteiger partial charge in [0, 0.05) is 0 Å². The Hall–Kier alpha value is -2.05. The van der Waals surface area contributed by atoms with Crippen molar-refractivity contribution in [3.05, 3.63) is 0 Å². The third-order valence-corrected chi connectivity index (χ3v) is 6.18. The first-order chi connectivity index (χ1) is 15.2. The van der Waals surface area contributed by atoms with Crippen LogP contribution in [0.3, 0.4) is 0 Å². The van der Waals surface area contributed by atoms with Crippen LogP contribution < -0.4 is 0 Å². The summed E-state index contributed by atoms with van der Waals surface area (Å²) in [5.74, 6) is -5.06. The van der Waals surface area contributed by atoms with Gasteiger partial charge in [-0.15, -0.1) is 0 Å². The van der Waals surface area contributed by atoms with Gasteiger partial charge >= 0.3 is 35.9 Å². The van der Waals surface area contributed by atoms with Crippen molar-refractivity contribution in [3.63, 3.8) is 0 Å². The van der Waals surface area contributed by atoms with Gasteiger partial charge < -0.3 is 19.3 Å². The van der Waals surface area contributed by atoms with E-state index in [1.165, 1.54) is 13.8 Å². The van der Waals surface area contributed by atoms with Crippen molar-refractivity contribution in [1.82, 2.24) is 0 Å². The molecule has 1 fully saturated rings. The van der Waals surface area contributed by atoms with E-state index in [1.807, 2.05) is 6.92 Å². The second-order valence-electron chi connectivity index (χ2n) is 9.48. The molecule has 1 rings (SSSR count). The van der Waals surface area contributed by atoms with Crippen molar-refractivity contribution in [2.24, 2.45) is 11.3 Å². The van der Waals surface area contributed by atoms with Crippen molar-refractivity contribution in [2.75, 3.05) is 6.61 Å². The van der Waals surface area contributed by atoms with Gasteiger partial charge in [-0.25, -0.2) is 9.59 Å². The highest BCUT2D eigenvalue weighted by Gasteiger charge is 2.76. The molecule has 13 heteroatoms. The molecule has 34 heavy (non-hydrogen) atoms. The molecule has 0 aromatic rings. The third kappa shape index (κ3) is 6.76. The van der Waals surface area contributed by atoms with Gasteiger partial charge in [0.05, 0.1) is 5.41 Å². The van der Waals surface area contributed by atoms with Gasteiger partial charge in [0.15, 0.2) is 6.61 Å². The van der Waals surface area contributed by atoms with Crippen molar-refractivity contribution < 1.29 is 60.0 Å². The zero-order valence-electron chi connectivity index (χ0n) is 19.6. The number of alkyl halides is 6. The van der Waals surface area contributed by atoms with Crippen molar-refractivity contribution >= 4 is 17.9 Å². The average Bonchev–Trinajstić information content (AvgIpc) is 2.69. The predicted octanol–water partition coefficient (Wildman–Crippen LogP) is 4.25. The Morgan fingerprint density at radius 1 is 0.853 bits per heavy atom. The number of carbonyl (C=O) groups excluding carboxylic acids is 3. The molecule has 0 aromatic heterocycles. The van der Waals surface area contributed by atoms with Gasteiger partial charge in [0.2, 0.25) is 0 Å². The van der Waals surface area contributed by atoms with Crippen molar-refractivity contribution in [2.45, 2.75) is 96.4 Å². The SMILES string of the molecule is CCC(C)(C)C(=O)OC1CCC(C(C)(C)OC(=O)COC(=O)C(O)(C(F)(F)F)C(F)(F)F)CC1. The van der Waals surface area contributed by atoms with Crippen LogP contribution in [0.15, 0.2) is 0 Å². The Morgan fingerprint density at radius 2 is 1.32 bits per heavy atom. The normalized spacial score (nSPS) is 20.5. The summed E-state index contributed by atoms with van der Waals surface area (Å²) in [7, 11) is 0. The van der Waals surface area contributed by atoms with Crippen LogP contribution in [-0.2, 0) is 28.6 Å². The summed E-state index contributed by atoms with van der Waals surface area (Å²) >= 11 is 0. The Labute approximate surface area is 193 Å². The summed E-state index contributed by atoms with van der Waals surface area (Å²) in [5, 5.41) is 8.94. The summed E-state index contributed by atoms with van der Waals surface area (Å²) in [6.07, 6.45) is -10.7. The molecule has 198 valence electrons. The van der Waals surface area contributed by atoms with Crippen LogP contribution in [0.5, 0.6) is 0 Å². The molecule has 0 spiro atoms. The summed E-state index contributed by atoms with van der Waals surface area (Å²) in [4.78, 5) is 35.6. The van der Waals surface area contributed by atoms with Crippen LogP contribution in [0.1, 0.15) is 66.7 Å². The minimum absolute atomic E-state index is 0.261. The first-order valence-corrected chi connectivity index (χ1v) is 10.6. The number of carbonyl (C=O) groups is 3. The van der Waals surface area contributed by atoms with Crippen LogP contribution in [0.4, 0.5) is 26.3 Å². The van der Waals surface area contributed by atoms with E-state index in [1.54, 1.807) is 13.8 Å². The lowest BCUT2D eigenvalue weighted by Crippen LogP contribution is -2.63. The molecule has 1 aliphatic carbocycles. The largest absolute Gasteiger partial charge is 0.462 e. The molecule has 0 radical (unpaired) electrons. The molecule has 0 atom stereocenters. The van der Waals surface area contributed by atoms with E-state index in [2.05, 4.69) is 4.74 Å². The number of aliphatic hydroxyl groups is 1. The Kier molecular flexibility index (Phi) is 9.07. The number of esters is 3. The molecule has 1 N–H and O–H groups in total. The lowest BCUT2D eigenvalue weighted by atomic mass is 9.77. The van der Waals surface area contributed by atoms with Crippen LogP contribution in [0, 0.1) is 11.3 Å². The molecule has 0 aliphatic heterocycles. The number of rotatable bonds is 8. The topological polar surface area (TPSA) is 99.1 Å². The molecule has 0 bridgehead atoms. The maximum absolute atomic E-state index is 12.7. The second-order valence-corrected chi connectivity index (χ2v) is 9.48. The summed E-state index contributed by atoms with van der Waals surface area (Å²) < 4.78 is 90.5. The minimum atomic E-state index is -6.42. The first kappa shape index (κ1) is 30.0. The molecule has 7 nitrogen and oxygen atoms in total. The number of halogens is 6. The van der Waals surface area contributed by atoms with E-state index in [4.69, 9.17) is 14.6 Å². The van der Waals surface area contributed by atoms with Gasteiger partial charge in [0.25, 0.3) is 0 Å². The van der Waals surface area contributed by atoms with Crippen molar-refractivity contribution in [1.29, 1.82) is 0 Å². The fourth-order valence-electron chi connectivity index (χ4n) is 3.36. The quantitative estimate of drug-likeness (QED) is 0.297. The zero-order valence-corrected chi connectivity index (χ0v) is 19.6. The fourth-order valence-corrected chi connectivity index (χ4v) is 3.36. The number of ether oxygens (including phenoxy) is 3. The van der Waals surface area contributed by atoms with E-state index >= 15 is 0 Å². The lowest BCUT2D eigenvalue weighted by Gasteiger charge is -2.39. The highest BCUT2D eigenvalue weighted by atomic mass is 19.4. The van der Waals surface area contributed by atoms with Crippen LogP contribution in [-0.4, -0.2) is 59.3 Å². The van der Waals surface area contributed by atoms with E-state index in [-0.39, 0.29) is 18.0 Å². The predicted molar refractivity (Wildman–Crippen MR) is 104 cm³/mol. The minimum Gasteiger partial charge on any atom is -0.462 e. The van der Waals surface area contributed by atoms with Gasteiger partial charge in [-0.05, 0) is 65.7 Å². The lowest BCUT2D eigenvalue weighted by molar-refractivity contribution is -0.356. The van der Waals surface area contributed by atoms with Crippen molar-refractivity contribution in [3.8, 4) is 0 Å². The van der Waals surface area contributed by atoms with Crippen LogP contribution >= 0.6 is 0 Å². The van der Waals surface area contributed by atoms with Gasteiger partial charge in [-0.1, -0.05) is 6.92 Å². The van der Waals surface area contributed by atoms with Gasteiger partial charge in [0.1, 0.15) is 11.7 Å².